The van der Waals surface area contributed by atoms with E-state index >= 15 is 0 Å². The van der Waals surface area contributed by atoms with Crippen LogP contribution in [0, 0.1) is 13.8 Å². The molecule has 0 saturated heterocycles. The molecule has 7 heteroatoms. The molecule has 23 heavy (non-hydrogen) atoms. The molecule has 0 unspecified atom stereocenters. The number of hydrogen-bond acceptors (Lipinski definition) is 5. The lowest BCUT2D eigenvalue weighted by Crippen LogP contribution is -2.26. The van der Waals surface area contributed by atoms with Gasteiger partial charge in [0.1, 0.15) is 11.3 Å². The topological polar surface area (TPSA) is 81.2 Å². The van der Waals surface area contributed by atoms with Gasteiger partial charge < -0.3 is 9.32 Å². The highest BCUT2D eigenvalue weighted by Gasteiger charge is 2.24. The predicted octanol–water partition coefficient (Wildman–Crippen LogP) is 1.52. The molecule has 4 heterocycles. The number of rotatable bonds is 0. The van der Waals surface area contributed by atoms with Gasteiger partial charge in [0.15, 0.2) is 0 Å². The van der Waals surface area contributed by atoms with Crippen molar-refractivity contribution < 1.29 is 9.21 Å². The van der Waals surface area contributed by atoms with Gasteiger partial charge in [0.05, 0.1) is 11.9 Å². The van der Waals surface area contributed by atoms with Crippen molar-refractivity contribution in [2.75, 3.05) is 7.05 Å². The molecule has 0 fully saturated rings. The number of furan rings is 1. The summed E-state index contributed by atoms with van der Waals surface area (Å²) >= 11 is 0. The lowest BCUT2D eigenvalue weighted by Gasteiger charge is -2.13. The number of hydrogen-bond donors (Lipinski definition) is 0. The standard InChI is InChI=1S/C16H16N4O3/c1-8-6-9(2)17-15-12(8)13-14(23-15)16(22)20-5-4-11(21)19(3)7-10(20)18-13/h6H,4-5,7H2,1-3H3. The quantitative estimate of drug-likeness (QED) is 0.628. The summed E-state index contributed by atoms with van der Waals surface area (Å²) in [5.41, 5.74) is 2.74. The number of pyridine rings is 1. The van der Waals surface area contributed by atoms with Crippen LogP contribution < -0.4 is 5.56 Å². The number of carbonyl (C=O) groups is 1. The third-order valence-electron chi connectivity index (χ3n) is 4.31. The summed E-state index contributed by atoms with van der Waals surface area (Å²) in [6, 6.07) is 1.94. The van der Waals surface area contributed by atoms with Crippen LogP contribution in [-0.4, -0.2) is 32.4 Å². The van der Waals surface area contributed by atoms with Crippen LogP contribution >= 0.6 is 0 Å². The summed E-state index contributed by atoms with van der Waals surface area (Å²) < 4.78 is 7.24. The minimum Gasteiger partial charge on any atom is -0.430 e. The minimum absolute atomic E-state index is 0.00449. The van der Waals surface area contributed by atoms with Crippen molar-refractivity contribution >= 4 is 28.1 Å². The fourth-order valence-electron chi connectivity index (χ4n) is 3.15. The van der Waals surface area contributed by atoms with Gasteiger partial charge in [0, 0.05) is 25.7 Å². The van der Waals surface area contributed by atoms with Gasteiger partial charge in [-0.15, -0.1) is 0 Å². The van der Waals surface area contributed by atoms with Gasteiger partial charge >= 0.3 is 0 Å². The Morgan fingerprint density at radius 3 is 2.78 bits per heavy atom. The molecule has 1 amide bonds. The molecule has 7 nitrogen and oxygen atoms in total. The van der Waals surface area contributed by atoms with Crippen LogP contribution in [0.15, 0.2) is 15.3 Å². The second kappa shape index (κ2) is 4.65. The SMILES string of the molecule is Cc1cc(C)c2c(n1)oc1c(=O)n3c(nc12)CN(C)C(=O)CC3. The van der Waals surface area contributed by atoms with E-state index in [1.807, 2.05) is 19.9 Å². The number of aromatic nitrogens is 3. The van der Waals surface area contributed by atoms with Crippen LogP contribution in [0.2, 0.25) is 0 Å². The molecule has 3 aromatic heterocycles. The Bertz CT molecular complexity index is 1030. The second-order valence-electron chi connectivity index (χ2n) is 6.03. The number of carbonyl (C=O) groups excluding carboxylic acids is 1. The monoisotopic (exact) mass is 312 g/mol. The van der Waals surface area contributed by atoms with Gasteiger partial charge in [-0.05, 0) is 25.5 Å². The van der Waals surface area contributed by atoms with Crippen LogP contribution in [0.1, 0.15) is 23.5 Å². The predicted molar refractivity (Wildman–Crippen MR) is 84.1 cm³/mol. The van der Waals surface area contributed by atoms with Crippen LogP contribution in [0.3, 0.4) is 0 Å². The van der Waals surface area contributed by atoms with Gasteiger partial charge in [-0.3, -0.25) is 14.2 Å². The molecule has 1 aliphatic heterocycles. The number of aryl methyl sites for hydroxylation is 2. The van der Waals surface area contributed by atoms with Crippen LogP contribution in [0.25, 0.3) is 22.2 Å². The molecule has 3 aromatic rings. The van der Waals surface area contributed by atoms with Crippen molar-refractivity contribution in [2.45, 2.75) is 33.4 Å². The van der Waals surface area contributed by atoms with Crippen LogP contribution in [0.4, 0.5) is 0 Å². The molecular formula is C16H16N4O3. The van der Waals surface area contributed by atoms with Gasteiger partial charge in [-0.1, -0.05) is 0 Å². The lowest BCUT2D eigenvalue weighted by molar-refractivity contribution is -0.130. The van der Waals surface area contributed by atoms with Crippen molar-refractivity contribution in [3.05, 3.63) is 33.5 Å². The fourth-order valence-corrected chi connectivity index (χ4v) is 3.15. The average Bonchev–Trinajstić information content (AvgIpc) is 2.77. The Labute approximate surface area is 131 Å². The van der Waals surface area contributed by atoms with Gasteiger partial charge in [-0.2, -0.15) is 0 Å². The van der Waals surface area contributed by atoms with Crippen molar-refractivity contribution in [2.24, 2.45) is 0 Å². The van der Waals surface area contributed by atoms with Gasteiger partial charge in [0.25, 0.3) is 5.56 Å². The van der Waals surface area contributed by atoms with Gasteiger partial charge in [-0.25, -0.2) is 9.97 Å². The molecule has 0 atom stereocenters. The molecule has 0 bridgehead atoms. The van der Waals surface area contributed by atoms with E-state index in [1.165, 1.54) is 4.57 Å². The maximum Gasteiger partial charge on any atom is 0.297 e. The van der Waals surface area contributed by atoms with E-state index in [0.29, 0.717) is 30.1 Å². The molecular weight excluding hydrogens is 296 g/mol. The van der Waals surface area contributed by atoms with E-state index in [2.05, 4.69) is 9.97 Å². The van der Waals surface area contributed by atoms with Crippen LogP contribution in [0.5, 0.6) is 0 Å². The van der Waals surface area contributed by atoms with E-state index in [4.69, 9.17) is 4.42 Å². The van der Waals surface area contributed by atoms with E-state index in [9.17, 15) is 9.59 Å². The Balaban J connectivity index is 2.09. The number of fused-ring (bicyclic) bond motifs is 4. The Kier molecular flexibility index (Phi) is 2.81. The van der Waals surface area contributed by atoms with Crippen molar-refractivity contribution in [3.63, 3.8) is 0 Å². The summed E-state index contributed by atoms with van der Waals surface area (Å²) in [6.45, 7) is 4.47. The largest absolute Gasteiger partial charge is 0.430 e. The Morgan fingerprint density at radius 1 is 1.22 bits per heavy atom. The molecule has 4 rings (SSSR count). The van der Waals surface area contributed by atoms with E-state index in [0.717, 1.165) is 16.6 Å². The summed E-state index contributed by atoms with van der Waals surface area (Å²) in [5.74, 6) is 0.586. The average molecular weight is 312 g/mol. The highest BCUT2D eigenvalue weighted by molar-refractivity contribution is 6.02. The van der Waals surface area contributed by atoms with Crippen molar-refractivity contribution in [3.8, 4) is 0 Å². The van der Waals surface area contributed by atoms with Gasteiger partial charge in [0.2, 0.25) is 17.2 Å². The zero-order chi connectivity index (χ0) is 16.3. The van der Waals surface area contributed by atoms with Crippen LogP contribution in [-0.2, 0) is 17.9 Å². The zero-order valence-electron chi connectivity index (χ0n) is 13.2. The fraction of sp³-hybridized carbons (Fsp3) is 0.375. The highest BCUT2D eigenvalue weighted by atomic mass is 16.3. The number of amides is 1. The number of nitrogens with zero attached hydrogens (tertiary/aromatic N) is 4. The summed E-state index contributed by atoms with van der Waals surface area (Å²) in [6.07, 6.45) is 0.285. The smallest absolute Gasteiger partial charge is 0.297 e. The van der Waals surface area contributed by atoms with E-state index in [-0.39, 0.29) is 23.5 Å². The normalized spacial score (nSPS) is 15.3. The third kappa shape index (κ3) is 1.96. The first-order chi connectivity index (χ1) is 11.0. The van der Waals surface area contributed by atoms with Crippen molar-refractivity contribution in [1.29, 1.82) is 0 Å². The molecule has 0 N–H and O–H groups in total. The molecule has 118 valence electrons. The lowest BCUT2D eigenvalue weighted by atomic mass is 10.1. The van der Waals surface area contributed by atoms with Crippen molar-refractivity contribution in [1.82, 2.24) is 19.4 Å². The summed E-state index contributed by atoms with van der Waals surface area (Å²) in [5, 5.41) is 0.768. The Hall–Kier alpha value is -2.70. The Morgan fingerprint density at radius 2 is 2.00 bits per heavy atom. The maximum absolute atomic E-state index is 12.8. The van der Waals surface area contributed by atoms with E-state index in [1.54, 1.807) is 11.9 Å². The first kappa shape index (κ1) is 13.9. The summed E-state index contributed by atoms with van der Waals surface area (Å²) in [7, 11) is 1.72. The highest BCUT2D eigenvalue weighted by Crippen LogP contribution is 2.28. The minimum atomic E-state index is -0.247. The first-order valence-electron chi connectivity index (χ1n) is 7.50. The summed E-state index contributed by atoms with van der Waals surface area (Å²) in [4.78, 5) is 35.3. The molecule has 0 aliphatic carbocycles. The molecule has 0 saturated carbocycles. The zero-order valence-corrected chi connectivity index (χ0v) is 13.2. The maximum atomic E-state index is 12.8. The molecule has 0 radical (unpaired) electrons. The second-order valence-corrected chi connectivity index (χ2v) is 6.03. The first-order valence-corrected chi connectivity index (χ1v) is 7.50. The third-order valence-corrected chi connectivity index (χ3v) is 4.31. The van der Waals surface area contributed by atoms with E-state index < -0.39 is 0 Å². The molecule has 1 aliphatic rings. The molecule has 0 aromatic carbocycles. The molecule has 0 spiro atoms.